The van der Waals surface area contributed by atoms with Crippen LogP contribution in [0.1, 0.15) is 42.6 Å². The summed E-state index contributed by atoms with van der Waals surface area (Å²) in [5, 5.41) is 21.3. The Morgan fingerprint density at radius 3 is 2.68 bits per heavy atom. The van der Waals surface area contributed by atoms with Gasteiger partial charge >= 0.3 is 0 Å². The van der Waals surface area contributed by atoms with Gasteiger partial charge in [-0.05, 0) is 24.1 Å². The Hall–Kier alpha value is -2.60. The molecule has 3 aliphatic heterocycles. The summed E-state index contributed by atoms with van der Waals surface area (Å²) in [6.45, 7) is 4.59. The van der Waals surface area contributed by atoms with Gasteiger partial charge in [0.15, 0.2) is 11.5 Å². The summed E-state index contributed by atoms with van der Waals surface area (Å²) < 4.78 is 23.5. The number of aliphatic hydroxyl groups excluding tert-OH is 1. The summed E-state index contributed by atoms with van der Waals surface area (Å²) in [5.74, 6) is 2.58. The van der Waals surface area contributed by atoms with Crippen molar-refractivity contribution in [3.8, 4) is 28.7 Å². The van der Waals surface area contributed by atoms with E-state index in [-0.39, 0.29) is 23.9 Å². The zero-order chi connectivity index (χ0) is 19.6. The summed E-state index contributed by atoms with van der Waals surface area (Å²) in [6, 6.07) is 7.09. The lowest BCUT2D eigenvalue weighted by molar-refractivity contribution is 0.000775. The summed E-state index contributed by atoms with van der Waals surface area (Å²) in [5.41, 5.74) is 2.58. The Morgan fingerprint density at radius 1 is 1.11 bits per heavy atom. The highest BCUT2D eigenvalue weighted by Crippen LogP contribution is 2.53. The molecular formula is C22H24O6. The minimum atomic E-state index is -0.742. The van der Waals surface area contributed by atoms with Crippen LogP contribution in [0.2, 0.25) is 0 Å². The molecule has 0 aliphatic carbocycles. The van der Waals surface area contributed by atoms with E-state index in [9.17, 15) is 10.2 Å². The van der Waals surface area contributed by atoms with E-state index < -0.39 is 6.10 Å². The molecule has 3 heterocycles. The van der Waals surface area contributed by atoms with E-state index in [4.69, 9.17) is 18.9 Å². The van der Waals surface area contributed by atoms with Gasteiger partial charge in [-0.25, -0.2) is 0 Å². The maximum Gasteiger partial charge on any atom is 0.161 e. The van der Waals surface area contributed by atoms with Crippen LogP contribution in [0.15, 0.2) is 24.3 Å². The fraction of sp³-hybridized carbons (Fsp3) is 0.455. The lowest BCUT2D eigenvalue weighted by Gasteiger charge is -2.41. The van der Waals surface area contributed by atoms with Gasteiger partial charge in [-0.15, -0.1) is 0 Å². The van der Waals surface area contributed by atoms with Crippen molar-refractivity contribution in [3.63, 3.8) is 0 Å². The monoisotopic (exact) mass is 384 g/mol. The number of benzene rings is 2. The van der Waals surface area contributed by atoms with Crippen LogP contribution in [0.25, 0.3) is 0 Å². The Balaban J connectivity index is 1.57. The Labute approximate surface area is 163 Å². The third-order valence-corrected chi connectivity index (χ3v) is 6.08. The number of aliphatic hydroxyl groups is 1. The van der Waals surface area contributed by atoms with Gasteiger partial charge in [0.05, 0.1) is 19.1 Å². The number of phenols is 1. The molecule has 5 rings (SSSR count). The second-order valence-corrected chi connectivity index (χ2v) is 8.06. The maximum atomic E-state index is 11.3. The van der Waals surface area contributed by atoms with Gasteiger partial charge in [0, 0.05) is 29.2 Å². The molecule has 0 aromatic heterocycles. The number of phenolic OH excluding ortho intramolecular Hbond substituents is 1. The molecule has 0 unspecified atom stereocenters. The molecule has 0 radical (unpaired) electrons. The largest absolute Gasteiger partial charge is 0.504 e. The molecule has 2 aromatic rings. The van der Waals surface area contributed by atoms with Crippen molar-refractivity contribution in [2.45, 2.75) is 44.5 Å². The molecule has 0 amide bonds. The second kappa shape index (κ2) is 6.21. The number of aromatic hydroxyl groups is 1. The van der Waals surface area contributed by atoms with Gasteiger partial charge < -0.3 is 29.2 Å². The molecule has 4 atom stereocenters. The molecule has 3 aliphatic rings. The van der Waals surface area contributed by atoms with Crippen LogP contribution in [-0.4, -0.2) is 36.1 Å². The van der Waals surface area contributed by atoms with Crippen molar-refractivity contribution in [3.05, 3.63) is 41.0 Å². The van der Waals surface area contributed by atoms with Crippen LogP contribution >= 0.6 is 0 Å². The first-order valence-electron chi connectivity index (χ1n) is 9.68. The van der Waals surface area contributed by atoms with Crippen molar-refractivity contribution in [1.29, 1.82) is 0 Å². The third kappa shape index (κ3) is 2.44. The van der Waals surface area contributed by atoms with E-state index in [1.54, 1.807) is 6.07 Å². The zero-order valence-corrected chi connectivity index (χ0v) is 16.1. The summed E-state index contributed by atoms with van der Waals surface area (Å²) >= 11 is 0. The van der Waals surface area contributed by atoms with E-state index in [2.05, 4.69) is 13.8 Å². The van der Waals surface area contributed by atoms with Gasteiger partial charge in [0.1, 0.15) is 36.1 Å². The average Bonchev–Trinajstić information content (AvgIpc) is 3.12. The van der Waals surface area contributed by atoms with Gasteiger partial charge in [0.2, 0.25) is 0 Å². The minimum absolute atomic E-state index is 0.0148. The van der Waals surface area contributed by atoms with Crippen LogP contribution < -0.4 is 18.9 Å². The topological polar surface area (TPSA) is 77.4 Å². The summed E-state index contributed by atoms with van der Waals surface area (Å²) in [6.07, 6.45) is -0.169. The van der Waals surface area contributed by atoms with Crippen molar-refractivity contribution in [2.24, 2.45) is 5.92 Å². The van der Waals surface area contributed by atoms with Crippen LogP contribution in [0, 0.1) is 5.92 Å². The standard InChI is InChI=1S/C22H24O6/c1-10(2)16-7-13-15(27-16)5-4-11-21(24)20-12-6-18(25-3)14(23)8-17(12)26-9-19(20)28-22(11)13/h4-6,8,10,16,19-21,23-24H,7,9H2,1-3H3/t16-,19-,20+,21-/m1/s1. The Morgan fingerprint density at radius 2 is 1.93 bits per heavy atom. The van der Waals surface area contributed by atoms with E-state index in [0.717, 1.165) is 34.6 Å². The first-order valence-corrected chi connectivity index (χ1v) is 9.68. The number of hydrogen-bond acceptors (Lipinski definition) is 6. The van der Waals surface area contributed by atoms with Crippen LogP contribution in [-0.2, 0) is 6.42 Å². The first-order chi connectivity index (χ1) is 13.5. The second-order valence-electron chi connectivity index (χ2n) is 8.06. The maximum absolute atomic E-state index is 11.3. The molecule has 0 spiro atoms. The molecule has 6 nitrogen and oxygen atoms in total. The molecule has 2 aromatic carbocycles. The van der Waals surface area contributed by atoms with Crippen LogP contribution in [0.5, 0.6) is 28.7 Å². The molecule has 2 N–H and O–H groups in total. The number of fused-ring (bicyclic) bond motifs is 6. The van der Waals surface area contributed by atoms with E-state index >= 15 is 0 Å². The molecule has 0 saturated carbocycles. The smallest absolute Gasteiger partial charge is 0.161 e. The summed E-state index contributed by atoms with van der Waals surface area (Å²) in [7, 11) is 1.50. The predicted octanol–water partition coefficient (Wildman–Crippen LogP) is 3.33. The fourth-order valence-corrected chi connectivity index (χ4v) is 4.50. The summed E-state index contributed by atoms with van der Waals surface area (Å²) in [4.78, 5) is 0. The van der Waals surface area contributed by atoms with E-state index in [1.165, 1.54) is 13.2 Å². The highest BCUT2D eigenvalue weighted by molar-refractivity contribution is 5.58. The van der Waals surface area contributed by atoms with Crippen molar-refractivity contribution in [1.82, 2.24) is 0 Å². The minimum Gasteiger partial charge on any atom is -0.504 e. The number of methoxy groups -OCH3 is 1. The van der Waals surface area contributed by atoms with Crippen LogP contribution in [0.4, 0.5) is 0 Å². The molecule has 148 valence electrons. The number of rotatable bonds is 2. The molecular weight excluding hydrogens is 360 g/mol. The van der Waals surface area contributed by atoms with Gasteiger partial charge in [0.25, 0.3) is 0 Å². The van der Waals surface area contributed by atoms with E-state index in [0.29, 0.717) is 24.0 Å². The lowest BCUT2D eigenvalue weighted by Crippen LogP contribution is -2.42. The molecule has 0 fully saturated rings. The van der Waals surface area contributed by atoms with E-state index in [1.807, 2.05) is 12.1 Å². The van der Waals surface area contributed by atoms with Gasteiger partial charge in [-0.1, -0.05) is 13.8 Å². The highest BCUT2D eigenvalue weighted by Gasteiger charge is 2.45. The highest BCUT2D eigenvalue weighted by atomic mass is 16.5. The SMILES string of the molecule is COc1cc2c(cc1O)OC[C@H]1Oc3c(ccc4c3C[C@H](C(C)C)O4)[C@@H](O)[C@@H]21. The average molecular weight is 384 g/mol. The first kappa shape index (κ1) is 17.5. The molecule has 0 bridgehead atoms. The third-order valence-electron chi connectivity index (χ3n) is 6.08. The Kier molecular flexibility index (Phi) is 3.88. The van der Waals surface area contributed by atoms with Crippen LogP contribution in [0.3, 0.4) is 0 Å². The quantitative estimate of drug-likeness (QED) is 0.827. The normalized spacial score (nSPS) is 26.9. The molecule has 0 saturated heterocycles. The van der Waals surface area contributed by atoms with Crippen molar-refractivity contribution < 1.29 is 29.2 Å². The zero-order valence-electron chi connectivity index (χ0n) is 16.1. The predicted molar refractivity (Wildman–Crippen MR) is 102 cm³/mol. The number of ether oxygens (including phenoxy) is 4. The number of hydrogen-bond donors (Lipinski definition) is 2. The Bertz CT molecular complexity index is 937. The molecule has 28 heavy (non-hydrogen) atoms. The fourth-order valence-electron chi connectivity index (χ4n) is 4.50. The van der Waals surface area contributed by atoms with Crippen molar-refractivity contribution >= 4 is 0 Å². The van der Waals surface area contributed by atoms with Crippen molar-refractivity contribution in [2.75, 3.05) is 13.7 Å². The van der Waals surface area contributed by atoms with Gasteiger partial charge in [-0.3, -0.25) is 0 Å². The molecule has 6 heteroatoms. The van der Waals surface area contributed by atoms with Gasteiger partial charge in [-0.2, -0.15) is 0 Å². The lowest BCUT2D eigenvalue weighted by atomic mass is 9.80.